The summed E-state index contributed by atoms with van der Waals surface area (Å²) >= 11 is 0. The van der Waals surface area contributed by atoms with Gasteiger partial charge in [-0.1, -0.05) is 46.4 Å². The average molecular weight is 561 g/mol. The summed E-state index contributed by atoms with van der Waals surface area (Å²) in [5.74, 6) is -0.254. The lowest BCUT2D eigenvalue weighted by molar-refractivity contribution is -0.150. The number of esters is 1. The van der Waals surface area contributed by atoms with Crippen molar-refractivity contribution in [3.8, 4) is 11.5 Å². The molecule has 1 saturated carbocycles. The monoisotopic (exact) mass is 560 g/mol. The molecule has 1 heterocycles. The van der Waals surface area contributed by atoms with E-state index in [-0.39, 0.29) is 38.5 Å². The Kier molecular flexibility index (Phi) is 12.9. The SMILES string of the molecule is C.CC.COc1ccc(COC(=O)C(Cc2ccccc2F)NC(=O)C(C)[C@@H](OC)[C@@H]2CC3CC3N2)c(OC)c1. The highest BCUT2D eigenvalue weighted by atomic mass is 19.1. The zero-order chi connectivity index (χ0) is 28.5. The number of hydrogen-bond acceptors (Lipinski definition) is 7. The van der Waals surface area contributed by atoms with E-state index in [0.717, 1.165) is 6.42 Å². The van der Waals surface area contributed by atoms with E-state index in [1.807, 2.05) is 13.8 Å². The molecule has 6 atom stereocenters. The molecule has 9 heteroatoms. The topological polar surface area (TPSA) is 95.1 Å². The number of benzene rings is 2. The Balaban J connectivity index is 0.00000183. The molecule has 222 valence electrons. The van der Waals surface area contributed by atoms with Gasteiger partial charge in [-0.05, 0) is 42.5 Å². The van der Waals surface area contributed by atoms with Crippen LogP contribution in [-0.2, 0) is 32.1 Å². The van der Waals surface area contributed by atoms with Gasteiger partial charge >= 0.3 is 5.97 Å². The van der Waals surface area contributed by atoms with Crippen molar-refractivity contribution in [3.05, 3.63) is 59.4 Å². The standard InChI is InChI=1S/C28H35FN2O6.C2H6.CH4/c1-16(26(36-4)23-13-19-12-22(19)30-23)27(32)31-24(11-17-7-5-6-8-21(17)29)28(33)37-15-18-9-10-20(34-2)14-25(18)35-3;1-2;/h5-10,14,16,19,22-24,26,30H,11-13,15H2,1-4H3,(H,31,32);1-2H3;1H4/t16?,19?,22?,23-,24?,26+;;/m0../s1. The van der Waals surface area contributed by atoms with Crippen LogP contribution in [0.1, 0.15) is 52.2 Å². The summed E-state index contributed by atoms with van der Waals surface area (Å²) in [6, 6.07) is 10.8. The Morgan fingerprint density at radius 1 is 1.05 bits per heavy atom. The third-order valence-electron chi connectivity index (χ3n) is 7.33. The average Bonchev–Trinajstić information content (AvgIpc) is 3.58. The molecule has 2 N–H and O–H groups in total. The maximum Gasteiger partial charge on any atom is 0.329 e. The first-order valence-corrected chi connectivity index (χ1v) is 13.5. The summed E-state index contributed by atoms with van der Waals surface area (Å²) in [5, 5.41) is 6.33. The van der Waals surface area contributed by atoms with Gasteiger partial charge in [0.15, 0.2) is 0 Å². The third kappa shape index (κ3) is 8.17. The van der Waals surface area contributed by atoms with Gasteiger partial charge in [0, 0.05) is 37.2 Å². The molecular formula is C31H45FN2O6. The van der Waals surface area contributed by atoms with Crippen LogP contribution >= 0.6 is 0 Å². The summed E-state index contributed by atoms with van der Waals surface area (Å²) < 4.78 is 36.3. The van der Waals surface area contributed by atoms with Gasteiger partial charge in [0.05, 0.1) is 26.2 Å². The predicted octanol–water partition coefficient (Wildman–Crippen LogP) is 4.68. The van der Waals surface area contributed by atoms with Gasteiger partial charge in [0.25, 0.3) is 0 Å². The number of nitrogens with one attached hydrogen (secondary N) is 2. The first kappa shape index (κ1) is 33.0. The van der Waals surface area contributed by atoms with Crippen LogP contribution in [0.4, 0.5) is 4.39 Å². The number of ether oxygens (including phenoxy) is 4. The molecule has 4 rings (SSSR count). The Bertz CT molecular complexity index is 1100. The van der Waals surface area contributed by atoms with Crippen LogP contribution in [0.25, 0.3) is 0 Å². The molecule has 1 aliphatic carbocycles. The van der Waals surface area contributed by atoms with E-state index >= 15 is 0 Å². The minimum atomic E-state index is -1.08. The number of amides is 1. The van der Waals surface area contributed by atoms with Gasteiger partial charge in [-0.15, -0.1) is 0 Å². The van der Waals surface area contributed by atoms with E-state index in [2.05, 4.69) is 10.6 Å². The van der Waals surface area contributed by atoms with Crippen LogP contribution in [0.3, 0.4) is 0 Å². The van der Waals surface area contributed by atoms with Crippen molar-refractivity contribution >= 4 is 11.9 Å². The molecule has 1 amide bonds. The number of fused-ring (bicyclic) bond motifs is 1. The lowest BCUT2D eigenvalue weighted by Gasteiger charge is -2.30. The Morgan fingerprint density at radius 3 is 2.38 bits per heavy atom. The second kappa shape index (κ2) is 15.6. The molecule has 2 aliphatic rings. The molecule has 2 aromatic carbocycles. The normalized spacial score (nSPS) is 20.8. The van der Waals surface area contributed by atoms with Crippen molar-refractivity contribution < 1.29 is 32.9 Å². The second-order valence-electron chi connectivity index (χ2n) is 9.74. The van der Waals surface area contributed by atoms with E-state index < -0.39 is 23.7 Å². The van der Waals surface area contributed by atoms with Crippen molar-refractivity contribution in [2.75, 3.05) is 21.3 Å². The lowest BCUT2D eigenvalue weighted by atomic mass is 9.94. The minimum absolute atomic E-state index is 0. The highest BCUT2D eigenvalue weighted by Gasteiger charge is 2.49. The molecule has 0 aromatic heterocycles. The summed E-state index contributed by atoms with van der Waals surface area (Å²) in [5.41, 5.74) is 0.937. The molecular weight excluding hydrogens is 515 g/mol. The van der Waals surface area contributed by atoms with Crippen LogP contribution in [0.15, 0.2) is 42.5 Å². The second-order valence-corrected chi connectivity index (χ2v) is 9.74. The third-order valence-corrected chi connectivity index (χ3v) is 7.33. The van der Waals surface area contributed by atoms with E-state index in [1.54, 1.807) is 57.5 Å². The van der Waals surface area contributed by atoms with Crippen molar-refractivity contribution in [1.29, 1.82) is 0 Å². The van der Waals surface area contributed by atoms with Crippen LogP contribution in [0, 0.1) is 17.7 Å². The van der Waals surface area contributed by atoms with Crippen LogP contribution < -0.4 is 20.1 Å². The van der Waals surface area contributed by atoms with E-state index in [0.29, 0.717) is 34.6 Å². The number of halogens is 1. The van der Waals surface area contributed by atoms with E-state index in [9.17, 15) is 14.0 Å². The minimum Gasteiger partial charge on any atom is -0.497 e. The maximum absolute atomic E-state index is 14.4. The van der Waals surface area contributed by atoms with Crippen LogP contribution in [0.2, 0.25) is 0 Å². The number of hydrogen-bond donors (Lipinski definition) is 2. The zero-order valence-electron chi connectivity index (χ0n) is 23.7. The smallest absolute Gasteiger partial charge is 0.329 e. The van der Waals surface area contributed by atoms with Gasteiger partial charge < -0.3 is 29.6 Å². The molecule has 40 heavy (non-hydrogen) atoms. The van der Waals surface area contributed by atoms with Crippen molar-refractivity contribution in [3.63, 3.8) is 0 Å². The first-order valence-electron chi connectivity index (χ1n) is 13.5. The fourth-order valence-corrected chi connectivity index (χ4v) is 5.08. The van der Waals surface area contributed by atoms with Crippen molar-refractivity contribution in [1.82, 2.24) is 10.6 Å². The molecule has 0 radical (unpaired) electrons. The number of rotatable bonds is 12. The Hall–Kier alpha value is -3.17. The molecule has 8 nitrogen and oxygen atoms in total. The molecule has 1 saturated heterocycles. The molecule has 2 fully saturated rings. The number of carbonyl (C=O) groups is 2. The van der Waals surface area contributed by atoms with Crippen molar-refractivity contribution in [2.24, 2.45) is 11.8 Å². The number of piperidine rings is 1. The molecule has 2 aromatic rings. The van der Waals surface area contributed by atoms with Gasteiger partial charge in [0.2, 0.25) is 5.91 Å². The molecule has 0 spiro atoms. The van der Waals surface area contributed by atoms with E-state index in [4.69, 9.17) is 18.9 Å². The molecule has 0 bridgehead atoms. The highest BCUT2D eigenvalue weighted by molar-refractivity contribution is 5.86. The lowest BCUT2D eigenvalue weighted by Crippen LogP contribution is -2.51. The fraction of sp³-hybridized carbons (Fsp3) is 0.548. The molecule has 4 unspecified atom stereocenters. The Labute approximate surface area is 237 Å². The summed E-state index contributed by atoms with van der Waals surface area (Å²) in [4.78, 5) is 26.5. The maximum atomic E-state index is 14.4. The van der Waals surface area contributed by atoms with Gasteiger partial charge in [-0.3, -0.25) is 4.79 Å². The van der Waals surface area contributed by atoms with Crippen LogP contribution in [0.5, 0.6) is 11.5 Å². The number of methoxy groups -OCH3 is 3. The van der Waals surface area contributed by atoms with Gasteiger partial charge in [0.1, 0.15) is 30.0 Å². The zero-order valence-corrected chi connectivity index (χ0v) is 23.7. The van der Waals surface area contributed by atoms with Crippen molar-refractivity contribution in [2.45, 2.75) is 78.3 Å². The fourth-order valence-electron chi connectivity index (χ4n) is 5.08. The molecule has 1 aliphatic heterocycles. The highest BCUT2D eigenvalue weighted by Crippen LogP contribution is 2.42. The van der Waals surface area contributed by atoms with Gasteiger partial charge in [-0.25, -0.2) is 9.18 Å². The van der Waals surface area contributed by atoms with Gasteiger partial charge in [-0.2, -0.15) is 0 Å². The largest absolute Gasteiger partial charge is 0.497 e. The van der Waals surface area contributed by atoms with Crippen LogP contribution in [-0.4, -0.2) is 57.4 Å². The van der Waals surface area contributed by atoms with E-state index in [1.165, 1.54) is 19.6 Å². The summed E-state index contributed by atoms with van der Waals surface area (Å²) in [7, 11) is 4.65. The summed E-state index contributed by atoms with van der Waals surface area (Å²) in [6.45, 7) is 5.70. The first-order chi connectivity index (χ1) is 18.8. The Morgan fingerprint density at radius 2 is 1.77 bits per heavy atom. The predicted molar refractivity (Wildman–Crippen MR) is 153 cm³/mol. The number of carbonyl (C=O) groups excluding carboxylic acids is 2. The summed E-state index contributed by atoms with van der Waals surface area (Å²) in [6.07, 6.45) is 1.74. The quantitative estimate of drug-likeness (QED) is 0.364.